The molecule has 37 heavy (non-hydrogen) atoms. The smallest absolute Gasteiger partial charge is 0.192 e. The van der Waals surface area contributed by atoms with Gasteiger partial charge in [0, 0.05) is 19.5 Å². The first kappa shape index (κ1) is 28.6. The molecule has 2 fully saturated rings. The minimum atomic E-state index is -2.02. The van der Waals surface area contributed by atoms with Gasteiger partial charge in [-0.05, 0) is 36.3 Å². The summed E-state index contributed by atoms with van der Waals surface area (Å²) in [4.78, 5) is 16.1. The molecule has 0 amide bonds. The molecule has 0 aliphatic carbocycles. The fourth-order valence-corrected chi connectivity index (χ4v) is 6.64. The Balaban J connectivity index is 1.60. The van der Waals surface area contributed by atoms with Crippen LogP contribution in [0.25, 0.3) is 11.2 Å². The second kappa shape index (κ2) is 10.3. The van der Waals surface area contributed by atoms with Crippen molar-refractivity contribution < 1.29 is 18.3 Å². The molecule has 0 radical (unpaired) electrons. The van der Waals surface area contributed by atoms with Crippen molar-refractivity contribution in [2.45, 2.75) is 103 Å². The van der Waals surface area contributed by atoms with Gasteiger partial charge in [0.05, 0.1) is 32.3 Å². The normalized spacial score (nSPS) is 24.3. The predicted octanol–water partition coefficient (Wildman–Crippen LogP) is 5.36. The van der Waals surface area contributed by atoms with Crippen LogP contribution in [0.4, 0.5) is 5.82 Å². The Hall–Kier alpha value is -1.38. The number of nitrogens with zero attached hydrogens (tertiary/aromatic N) is 5. The van der Waals surface area contributed by atoms with Gasteiger partial charge >= 0.3 is 0 Å². The van der Waals surface area contributed by atoms with E-state index >= 15 is 0 Å². The number of ether oxygens (including phenoxy) is 2. The largest absolute Gasteiger partial charge is 0.414 e. The molecule has 2 aliphatic rings. The fourth-order valence-electron chi connectivity index (χ4n) is 4.26. The molecule has 2 saturated heterocycles. The highest BCUT2D eigenvalue weighted by atomic mass is 28.4. The lowest BCUT2D eigenvalue weighted by Gasteiger charge is -2.40. The van der Waals surface area contributed by atoms with E-state index in [4.69, 9.17) is 23.3 Å². The van der Waals surface area contributed by atoms with Crippen LogP contribution in [0.15, 0.2) is 12.7 Å². The van der Waals surface area contributed by atoms with E-state index in [0.717, 1.165) is 36.5 Å². The molecule has 0 unspecified atom stereocenters. The third kappa shape index (κ3) is 5.96. The van der Waals surface area contributed by atoms with Gasteiger partial charge < -0.3 is 23.2 Å². The topological polar surface area (TPSA) is 83.8 Å². The van der Waals surface area contributed by atoms with Crippen LogP contribution in [0.3, 0.4) is 0 Å². The van der Waals surface area contributed by atoms with Gasteiger partial charge in [-0.3, -0.25) is 4.57 Å². The molecular weight excluding hydrogens is 502 g/mol. The lowest BCUT2D eigenvalue weighted by molar-refractivity contribution is -0.0383. The number of morpholine rings is 1. The van der Waals surface area contributed by atoms with Crippen LogP contribution in [0, 0.1) is 0 Å². The van der Waals surface area contributed by atoms with Gasteiger partial charge in [0.25, 0.3) is 0 Å². The van der Waals surface area contributed by atoms with Crippen LogP contribution < -0.4 is 4.90 Å². The van der Waals surface area contributed by atoms with Crippen molar-refractivity contribution in [3.8, 4) is 0 Å². The van der Waals surface area contributed by atoms with Gasteiger partial charge in [-0.15, -0.1) is 0 Å². The molecule has 0 spiro atoms. The summed E-state index contributed by atoms with van der Waals surface area (Å²) in [6.07, 6.45) is 3.79. The lowest BCUT2D eigenvalue weighted by Crippen LogP contribution is -2.48. The van der Waals surface area contributed by atoms with E-state index in [1.54, 1.807) is 6.33 Å². The Labute approximate surface area is 224 Å². The maximum absolute atomic E-state index is 6.95. The summed E-state index contributed by atoms with van der Waals surface area (Å²) in [7, 11) is -3.95. The van der Waals surface area contributed by atoms with Gasteiger partial charge in [0.2, 0.25) is 0 Å². The number of imidazole rings is 1. The summed E-state index contributed by atoms with van der Waals surface area (Å²) in [6.45, 7) is 26.4. The molecule has 2 aliphatic heterocycles. The second-order valence-corrected chi connectivity index (χ2v) is 23.0. The van der Waals surface area contributed by atoms with Gasteiger partial charge in [-0.1, -0.05) is 41.5 Å². The van der Waals surface area contributed by atoms with Gasteiger partial charge in [-0.2, -0.15) is 0 Å². The molecule has 4 heterocycles. The van der Waals surface area contributed by atoms with E-state index < -0.39 is 16.6 Å². The first-order valence-corrected chi connectivity index (χ1v) is 19.4. The van der Waals surface area contributed by atoms with Crippen LogP contribution in [-0.4, -0.2) is 81.3 Å². The number of anilines is 1. The van der Waals surface area contributed by atoms with Crippen molar-refractivity contribution in [1.82, 2.24) is 19.5 Å². The highest BCUT2D eigenvalue weighted by Crippen LogP contribution is 2.43. The summed E-state index contributed by atoms with van der Waals surface area (Å²) in [5.74, 6) is 0.858. The molecule has 9 nitrogen and oxygen atoms in total. The Morgan fingerprint density at radius 3 is 2.22 bits per heavy atom. The Morgan fingerprint density at radius 1 is 0.946 bits per heavy atom. The van der Waals surface area contributed by atoms with Crippen molar-refractivity contribution in [3.05, 3.63) is 12.7 Å². The van der Waals surface area contributed by atoms with Crippen molar-refractivity contribution in [2.75, 3.05) is 37.8 Å². The number of aromatic nitrogens is 4. The highest BCUT2D eigenvalue weighted by Gasteiger charge is 2.47. The molecule has 3 atom stereocenters. The van der Waals surface area contributed by atoms with E-state index in [1.165, 1.54) is 0 Å². The van der Waals surface area contributed by atoms with E-state index in [9.17, 15) is 0 Å². The SMILES string of the molecule is CC(C)(C)[Si](C)(C)OC[C@H]1O[C@H](n2cnc3c(N4CCOCC4)ncnc32)C[C@@H]1O[Si](C)(C)C(C)(C)C. The summed E-state index contributed by atoms with van der Waals surface area (Å²) in [5.41, 5.74) is 1.59. The summed E-state index contributed by atoms with van der Waals surface area (Å²) in [5, 5.41) is 0.242. The van der Waals surface area contributed by atoms with Crippen LogP contribution in [0.1, 0.15) is 54.2 Å². The third-order valence-corrected chi connectivity index (χ3v) is 17.8. The standard InChI is InChI=1S/C26H47N5O4Si2/c1-25(2,3)36(7,8)33-16-20-19(35-37(9,10)26(4,5)6)15-21(34-20)31-18-29-22-23(27-17-28-24(22)31)30-11-13-32-14-12-30/h17-21H,11-16H2,1-10H3/t19-,20+,21-/m0/s1. The zero-order chi connectivity index (χ0) is 27.2. The van der Waals surface area contributed by atoms with Gasteiger partial charge in [0.1, 0.15) is 18.7 Å². The quantitative estimate of drug-likeness (QED) is 0.427. The van der Waals surface area contributed by atoms with Crippen LogP contribution in [0.2, 0.25) is 36.3 Å². The van der Waals surface area contributed by atoms with Crippen LogP contribution in [-0.2, 0) is 18.3 Å². The minimum Gasteiger partial charge on any atom is -0.414 e. The van der Waals surface area contributed by atoms with Crippen molar-refractivity contribution >= 4 is 33.6 Å². The maximum atomic E-state index is 6.95. The van der Waals surface area contributed by atoms with Crippen LogP contribution in [0.5, 0.6) is 0 Å². The van der Waals surface area contributed by atoms with Crippen molar-refractivity contribution in [1.29, 1.82) is 0 Å². The molecule has 0 bridgehead atoms. The zero-order valence-corrected chi connectivity index (χ0v) is 26.5. The van der Waals surface area contributed by atoms with Gasteiger partial charge in [0.15, 0.2) is 33.6 Å². The van der Waals surface area contributed by atoms with Crippen molar-refractivity contribution in [3.63, 3.8) is 0 Å². The summed E-state index contributed by atoms with van der Waals surface area (Å²) >= 11 is 0. The molecule has 0 aromatic carbocycles. The molecule has 0 saturated carbocycles. The minimum absolute atomic E-state index is 0.0475. The summed E-state index contributed by atoms with van der Waals surface area (Å²) < 4.78 is 27.9. The molecule has 4 rings (SSSR count). The third-order valence-electron chi connectivity index (χ3n) is 8.81. The number of rotatable bonds is 7. The van der Waals surface area contributed by atoms with Crippen LogP contribution >= 0.6 is 0 Å². The van der Waals surface area contributed by atoms with E-state index in [0.29, 0.717) is 19.8 Å². The number of fused-ring (bicyclic) bond motifs is 1. The fraction of sp³-hybridized carbons (Fsp3) is 0.808. The lowest BCUT2D eigenvalue weighted by atomic mass is 10.2. The second-order valence-electron chi connectivity index (χ2n) is 13.5. The van der Waals surface area contributed by atoms with Crippen molar-refractivity contribution in [2.24, 2.45) is 0 Å². The monoisotopic (exact) mass is 549 g/mol. The number of hydrogen-bond acceptors (Lipinski definition) is 8. The number of hydrogen-bond donors (Lipinski definition) is 0. The first-order chi connectivity index (χ1) is 17.1. The van der Waals surface area contributed by atoms with E-state index in [1.807, 2.05) is 6.33 Å². The van der Waals surface area contributed by atoms with E-state index in [-0.39, 0.29) is 28.5 Å². The highest BCUT2D eigenvalue weighted by molar-refractivity contribution is 6.74. The average Bonchev–Trinajstić information content (AvgIpc) is 3.40. The molecule has 11 heteroatoms. The average molecular weight is 550 g/mol. The molecule has 2 aromatic rings. The Morgan fingerprint density at radius 2 is 1.59 bits per heavy atom. The summed E-state index contributed by atoms with van der Waals surface area (Å²) in [6, 6.07) is 0. The maximum Gasteiger partial charge on any atom is 0.192 e. The molecule has 0 N–H and O–H groups in total. The van der Waals surface area contributed by atoms with E-state index in [2.05, 4.69) is 87.2 Å². The predicted molar refractivity (Wildman–Crippen MR) is 152 cm³/mol. The molecule has 208 valence electrons. The Bertz CT molecular complexity index is 1070. The Kier molecular flexibility index (Phi) is 7.98. The van der Waals surface area contributed by atoms with Gasteiger partial charge in [-0.25, -0.2) is 15.0 Å². The molecule has 2 aromatic heterocycles. The molecular formula is C26H47N5O4Si2. The first-order valence-electron chi connectivity index (χ1n) is 13.6. The zero-order valence-electron chi connectivity index (χ0n) is 24.5.